The number of aromatic carboxylic acids is 1. The fraction of sp³-hybridized carbons (Fsp3) is 0.200. The second kappa shape index (κ2) is 7.02. The number of aryl methyl sites for hydroxylation is 1. The molecule has 150 valence electrons. The minimum absolute atomic E-state index is 0.140. The number of carbonyl (C=O) groups is 2. The molecule has 9 heteroatoms. The minimum atomic E-state index is -1.36. The average Bonchev–Trinajstić information content (AvgIpc) is 2.98. The van der Waals surface area contributed by atoms with Crippen molar-refractivity contribution in [3.05, 3.63) is 69.1 Å². The summed E-state index contributed by atoms with van der Waals surface area (Å²) in [6.07, 6.45) is 0. The van der Waals surface area contributed by atoms with Crippen molar-refractivity contribution >= 4 is 46.0 Å². The molecule has 0 spiro atoms. The Morgan fingerprint density at radius 3 is 2.52 bits per heavy atom. The number of hydrogen-bond donors (Lipinski definition) is 2. The van der Waals surface area contributed by atoms with E-state index in [0.717, 1.165) is 11.6 Å². The van der Waals surface area contributed by atoms with E-state index in [0.29, 0.717) is 26.7 Å². The maximum atomic E-state index is 14.2. The number of ether oxygens (including phenoxy) is 1. The first-order valence-electron chi connectivity index (χ1n) is 8.60. The molecule has 1 aliphatic rings. The number of rotatable bonds is 4. The van der Waals surface area contributed by atoms with Crippen LogP contribution in [0.2, 0.25) is 10.0 Å². The molecular weight excluding hydrogens is 422 g/mol. The topological polar surface area (TPSA) is 80.6 Å². The fourth-order valence-corrected chi connectivity index (χ4v) is 3.83. The van der Waals surface area contributed by atoms with Crippen molar-refractivity contribution in [3.63, 3.8) is 0 Å². The van der Waals surface area contributed by atoms with Crippen LogP contribution in [0.5, 0.6) is 0 Å². The van der Waals surface area contributed by atoms with E-state index in [4.69, 9.17) is 33.0 Å². The van der Waals surface area contributed by atoms with E-state index in [-0.39, 0.29) is 13.2 Å². The zero-order valence-electron chi connectivity index (χ0n) is 15.1. The lowest BCUT2D eigenvalue weighted by Crippen LogP contribution is -2.59. The van der Waals surface area contributed by atoms with Gasteiger partial charge in [-0.2, -0.15) is 0 Å². The third-order valence-corrected chi connectivity index (χ3v) is 5.97. The molecule has 0 radical (unpaired) electrons. The zero-order chi connectivity index (χ0) is 20.9. The van der Waals surface area contributed by atoms with Crippen LogP contribution in [-0.4, -0.2) is 34.8 Å². The van der Waals surface area contributed by atoms with E-state index in [1.807, 2.05) is 0 Å². The Morgan fingerprint density at radius 1 is 1.21 bits per heavy atom. The highest BCUT2D eigenvalue weighted by atomic mass is 35.5. The van der Waals surface area contributed by atoms with Crippen LogP contribution in [0.25, 0.3) is 10.9 Å². The fourth-order valence-electron chi connectivity index (χ4n) is 3.45. The molecule has 29 heavy (non-hydrogen) atoms. The Kier molecular flexibility index (Phi) is 4.77. The number of hydrogen-bond acceptors (Lipinski definition) is 3. The lowest BCUT2D eigenvalue weighted by atomic mass is 9.87. The van der Waals surface area contributed by atoms with Crippen LogP contribution in [0, 0.1) is 5.82 Å². The number of amides is 1. The van der Waals surface area contributed by atoms with Gasteiger partial charge in [0.25, 0.3) is 5.91 Å². The highest BCUT2D eigenvalue weighted by Crippen LogP contribution is 2.34. The first-order chi connectivity index (χ1) is 13.7. The summed E-state index contributed by atoms with van der Waals surface area (Å²) in [4.78, 5) is 24.1. The van der Waals surface area contributed by atoms with Gasteiger partial charge < -0.3 is 19.7 Å². The summed E-state index contributed by atoms with van der Waals surface area (Å²) in [5.74, 6) is -2.63. The van der Waals surface area contributed by atoms with Gasteiger partial charge in [-0.3, -0.25) is 4.79 Å². The number of benzene rings is 2. The van der Waals surface area contributed by atoms with Crippen molar-refractivity contribution in [1.29, 1.82) is 0 Å². The van der Waals surface area contributed by atoms with E-state index in [1.54, 1.807) is 29.8 Å². The normalized spacial score (nSPS) is 15.2. The molecule has 2 N–H and O–H groups in total. The van der Waals surface area contributed by atoms with Crippen molar-refractivity contribution in [1.82, 2.24) is 9.88 Å². The largest absolute Gasteiger partial charge is 0.478 e. The molecule has 1 aliphatic heterocycles. The smallest absolute Gasteiger partial charge is 0.338 e. The lowest BCUT2D eigenvalue weighted by molar-refractivity contribution is -0.0736. The SMILES string of the molecule is Cn1c(C(=O)NC2(c3ccc(C(=O)O)c(F)c3)COC2)cc2c(Cl)c(Cl)ccc21. The molecule has 0 unspecified atom stereocenters. The van der Waals surface area contributed by atoms with Crippen LogP contribution in [0.3, 0.4) is 0 Å². The van der Waals surface area contributed by atoms with Gasteiger partial charge in [0.15, 0.2) is 0 Å². The first kappa shape index (κ1) is 19.7. The third kappa shape index (κ3) is 3.15. The molecule has 1 amide bonds. The van der Waals surface area contributed by atoms with Crippen LogP contribution >= 0.6 is 23.2 Å². The molecule has 1 saturated heterocycles. The predicted octanol–water partition coefficient (Wildman–Crippen LogP) is 3.98. The van der Waals surface area contributed by atoms with E-state index >= 15 is 0 Å². The van der Waals surface area contributed by atoms with Gasteiger partial charge in [-0.1, -0.05) is 29.3 Å². The molecule has 0 atom stereocenters. The van der Waals surface area contributed by atoms with Gasteiger partial charge in [0.1, 0.15) is 17.1 Å². The number of nitrogens with one attached hydrogen (secondary N) is 1. The number of halogens is 3. The lowest BCUT2D eigenvalue weighted by Gasteiger charge is -2.42. The van der Waals surface area contributed by atoms with Gasteiger partial charge in [0.2, 0.25) is 0 Å². The van der Waals surface area contributed by atoms with E-state index in [1.165, 1.54) is 12.1 Å². The first-order valence-corrected chi connectivity index (χ1v) is 9.36. The Morgan fingerprint density at radius 2 is 1.93 bits per heavy atom. The van der Waals surface area contributed by atoms with E-state index in [9.17, 15) is 14.0 Å². The highest BCUT2D eigenvalue weighted by Gasteiger charge is 2.43. The maximum Gasteiger partial charge on any atom is 0.338 e. The Hall–Kier alpha value is -2.61. The Labute approximate surface area is 174 Å². The average molecular weight is 437 g/mol. The van der Waals surface area contributed by atoms with Crippen molar-refractivity contribution in [3.8, 4) is 0 Å². The van der Waals surface area contributed by atoms with Crippen LogP contribution in [0.15, 0.2) is 36.4 Å². The Bertz CT molecular complexity index is 1170. The number of nitrogens with zero attached hydrogens (tertiary/aromatic N) is 1. The monoisotopic (exact) mass is 436 g/mol. The molecule has 6 nitrogen and oxygen atoms in total. The van der Waals surface area contributed by atoms with E-state index < -0.39 is 28.8 Å². The number of fused-ring (bicyclic) bond motifs is 1. The van der Waals surface area contributed by atoms with Gasteiger partial charge >= 0.3 is 5.97 Å². The summed E-state index contributed by atoms with van der Waals surface area (Å²) in [5.41, 5.74) is 0.126. The van der Waals surface area contributed by atoms with Gasteiger partial charge in [0.05, 0.1) is 28.8 Å². The number of carboxylic acids is 1. The van der Waals surface area contributed by atoms with E-state index in [2.05, 4.69) is 5.32 Å². The molecule has 1 fully saturated rings. The van der Waals surface area contributed by atoms with Crippen molar-refractivity contribution in [2.75, 3.05) is 13.2 Å². The van der Waals surface area contributed by atoms with Gasteiger partial charge in [0, 0.05) is 18.0 Å². The van der Waals surface area contributed by atoms with Gasteiger partial charge in [-0.25, -0.2) is 9.18 Å². The molecule has 1 aromatic heterocycles. The highest BCUT2D eigenvalue weighted by molar-refractivity contribution is 6.45. The predicted molar refractivity (Wildman–Crippen MR) is 106 cm³/mol. The summed E-state index contributed by atoms with van der Waals surface area (Å²) in [6.45, 7) is 0.280. The summed E-state index contributed by atoms with van der Waals surface area (Å²) < 4.78 is 21.1. The van der Waals surface area contributed by atoms with Gasteiger partial charge in [-0.05, 0) is 35.9 Å². The maximum absolute atomic E-state index is 14.2. The summed E-state index contributed by atoms with van der Waals surface area (Å²) in [6, 6.07) is 8.83. The van der Waals surface area contributed by atoms with Crippen molar-refractivity contribution in [2.24, 2.45) is 7.05 Å². The molecule has 4 rings (SSSR count). The van der Waals surface area contributed by atoms with Crippen LogP contribution in [0.1, 0.15) is 26.4 Å². The molecule has 0 aliphatic carbocycles. The molecule has 3 aromatic rings. The van der Waals surface area contributed by atoms with Crippen LogP contribution in [0.4, 0.5) is 4.39 Å². The number of carbonyl (C=O) groups excluding carboxylic acids is 1. The minimum Gasteiger partial charge on any atom is -0.478 e. The standard InChI is InChI=1S/C20H15Cl2FN2O4/c1-25-15-5-4-13(21)17(22)12(15)7-16(25)18(26)24-20(8-29-9-20)10-2-3-11(19(27)28)14(23)6-10/h2-7H,8-9H2,1H3,(H,24,26)(H,27,28). The zero-order valence-corrected chi connectivity index (χ0v) is 16.6. The molecule has 2 aromatic carbocycles. The summed E-state index contributed by atoms with van der Waals surface area (Å²) in [5, 5.41) is 13.3. The van der Waals surface area contributed by atoms with Crippen molar-refractivity contribution < 1.29 is 23.8 Å². The molecule has 0 bridgehead atoms. The van der Waals surface area contributed by atoms with Crippen LogP contribution in [-0.2, 0) is 17.3 Å². The second-order valence-corrected chi connectivity index (χ2v) is 7.70. The third-order valence-electron chi connectivity index (χ3n) is 5.15. The quantitative estimate of drug-likeness (QED) is 0.647. The summed E-state index contributed by atoms with van der Waals surface area (Å²) in [7, 11) is 1.73. The molecule has 0 saturated carbocycles. The van der Waals surface area contributed by atoms with Crippen LogP contribution < -0.4 is 5.32 Å². The molecular formula is C20H15Cl2FN2O4. The van der Waals surface area contributed by atoms with Crippen molar-refractivity contribution in [2.45, 2.75) is 5.54 Å². The second-order valence-electron chi connectivity index (χ2n) is 6.91. The number of carboxylic acid groups (broad SMARTS) is 1. The number of aromatic nitrogens is 1. The molecule has 2 heterocycles. The van der Waals surface area contributed by atoms with Gasteiger partial charge in [-0.15, -0.1) is 0 Å². The summed E-state index contributed by atoms with van der Waals surface area (Å²) >= 11 is 12.3. The Balaban J connectivity index is 1.69.